The van der Waals surface area contributed by atoms with Crippen LogP contribution in [0.2, 0.25) is 0 Å². The summed E-state index contributed by atoms with van der Waals surface area (Å²) in [5.74, 6) is -0.421. The van der Waals surface area contributed by atoms with E-state index in [9.17, 15) is 19.5 Å². The molecule has 0 aromatic rings. The lowest BCUT2D eigenvalue weighted by atomic mass is 9.43. The van der Waals surface area contributed by atoms with Crippen molar-refractivity contribution in [2.45, 2.75) is 134 Å². The van der Waals surface area contributed by atoms with Crippen molar-refractivity contribution in [1.82, 2.24) is 0 Å². The summed E-state index contributed by atoms with van der Waals surface area (Å²) in [7, 11) is 1.50. The zero-order valence-electron chi connectivity index (χ0n) is 27.2. The van der Waals surface area contributed by atoms with Crippen LogP contribution in [0.5, 0.6) is 0 Å². The number of ether oxygens (including phenoxy) is 7. The van der Waals surface area contributed by atoms with E-state index in [1.165, 1.54) is 21.0 Å². The van der Waals surface area contributed by atoms with Crippen molar-refractivity contribution >= 4 is 17.9 Å². The fourth-order valence-electron chi connectivity index (χ4n) is 11.1. The molecule has 11 nitrogen and oxygen atoms in total. The Bertz CT molecular complexity index is 1270. The summed E-state index contributed by atoms with van der Waals surface area (Å²) < 4.78 is 41.5. The minimum atomic E-state index is -0.894. The first-order valence-electron chi connectivity index (χ1n) is 16.7. The molecule has 0 spiro atoms. The molecule has 4 aliphatic carbocycles. The topological polar surface area (TPSA) is 139 Å². The molecule has 6 fully saturated rings. The van der Waals surface area contributed by atoms with Gasteiger partial charge in [-0.3, -0.25) is 9.59 Å². The van der Waals surface area contributed by atoms with E-state index in [0.29, 0.717) is 18.9 Å². The Morgan fingerprint density at radius 3 is 2.38 bits per heavy atom. The Hall–Kier alpha value is -2.05. The van der Waals surface area contributed by atoms with Crippen molar-refractivity contribution in [3.63, 3.8) is 0 Å². The lowest BCUT2D eigenvalue weighted by Gasteiger charge is -2.62. The predicted octanol–water partition coefficient (Wildman–Crippen LogP) is 3.24. The summed E-state index contributed by atoms with van der Waals surface area (Å²) >= 11 is 0. The molecule has 3 aliphatic heterocycles. The highest BCUT2D eigenvalue weighted by atomic mass is 16.7. The number of carbonyl (C=O) groups is 3. The monoisotopic (exact) mass is 632 g/mol. The number of epoxide rings is 1. The van der Waals surface area contributed by atoms with E-state index in [-0.39, 0.29) is 47.4 Å². The number of cyclic esters (lactones) is 1. The third-order valence-corrected chi connectivity index (χ3v) is 13.1. The third-order valence-electron chi connectivity index (χ3n) is 13.1. The molecular weight excluding hydrogens is 584 g/mol. The first kappa shape index (κ1) is 31.5. The number of esters is 3. The molecule has 2 saturated heterocycles. The van der Waals surface area contributed by atoms with Gasteiger partial charge in [-0.25, -0.2) is 4.79 Å². The number of aliphatic hydroxyl groups is 1. The molecule has 3 heterocycles. The number of rotatable bonds is 6. The molecule has 0 amide bonds. The maximum atomic E-state index is 12.6. The highest BCUT2D eigenvalue weighted by Gasteiger charge is 2.79. The maximum absolute atomic E-state index is 12.6. The number of methoxy groups -OCH3 is 1. The van der Waals surface area contributed by atoms with E-state index in [0.717, 1.165) is 44.1 Å². The third kappa shape index (κ3) is 4.73. The molecule has 45 heavy (non-hydrogen) atoms. The molecule has 7 aliphatic rings. The fraction of sp³-hybridized carbons (Fsp3) is 0.853. The lowest BCUT2D eigenvalue weighted by Crippen LogP contribution is -2.66. The van der Waals surface area contributed by atoms with Crippen LogP contribution in [0.1, 0.15) is 79.6 Å². The number of carbonyl (C=O) groups excluding carboxylic acids is 3. The van der Waals surface area contributed by atoms with Gasteiger partial charge in [-0.05, 0) is 86.5 Å². The fourth-order valence-corrected chi connectivity index (χ4v) is 11.1. The molecule has 0 aromatic carbocycles. The van der Waals surface area contributed by atoms with Gasteiger partial charge in [0.25, 0.3) is 0 Å². The maximum Gasteiger partial charge on any atom is 0.331 e. The smallest absolute Gasteiger partial charge is 0.331 e. The molecule has 4 saturated carbocycles. The van der Waals surface area contributed by atoms with Crippen molar-refractivity contribution < 1.29 is 52.6 Å². The molecule has 0 bridgehead atoms. The summed E-state index contributed by atoms with van der Waals surface area (Å²) in [5, 5.41) is 12.6. The number of fused-ring (bicyclic) bond motifs is 8. The normalized spacial score (nSPS) is 51.5. The quantitative estimate of drug-likeness (QED) is 0.200. The summed E-state index contributed by atoms with van der Waals surface area (Å²) in [6, 6.07) is 0. The highest BCUT2D eigenvalue weighted by Crippen LogP contribution is 2.74. The van der Waals surface area contributed by atoms with Crippen LogP contribution in [0.15, 0.2) is 11.6 Å². The first-order valence-corrected chi connectivity index (χ1v) is 16.7. The zero-order chi connectivity index (χ0) is 32.1. The first-order chi connectivity index (χ1) is 21.3. The standard InChI is InChI=1S/C34H48O11/c1-16-26(42-17(2)35)28(39-6)29(43-18(3)36)31(41-16)44-21-9-11-32(4)20(14-21)7-8-23-25(32)27-30(45-27)33(5)22(10-12-34(23,33)38)19-13-24(37)40-15-19/h13,16,20-23,25-31,38H,7-12,14-15H2,1-6H3/t16-,20+,21-,22+,23+,25+,26-,27-,28+,29-,30-,31-,32-,33-,34-/m0/s1. The minimum Gasteiger partial charge on any atom is -0.458 e. The van der Waals surface area contributed by atoms with E-state index >= 15 is 0 Å². The Morgan fingerprint density at radius 2 is 1.71 bits per heavy atom. The van der Waals surface area contributed by atoms with Gasteiger partial charge in [0.05, 0.1) is 30.0 Å². The second-order valence-electron chi connectivity index (χ2n) is 15.1. The van der Waals surface area contributed by atoms with Crippen LogP contribution < -0.4 is 0 Å². The van der Waals surface area contributed by atoms with Gasteiger partial charge in [-0.2, -0.15) is 0 Å². The SMILES string of the molecule is CO[C@H]1[C@H](OC(C)=O)[C@H](O[C@H]2CC[C@@]3(C)[C@H](CC[C@@H]4[C@@H]3[C@@H]3O[C@@H]3[C@]3(C)[C@@H](C5=CC(=O)OC5)CC[C@]43O)C2)O[C@@H](C)[C@@H]1OC(C)=O. The van der Waals surface area contributed by atoms with Crippen molar-refractivity contribution in [1.29, 1.82) is 0 Å². The van der Waals surface area contributed by atoms with Crippen molar-refractivity contribution in [2.24, 2.45) is 34.5 Å². The van der Waals surface area contributed by atoms with Gasteiger partial charge in [-0.15, -0.1) is 0 Å². The number of hydrogen-bond acceptors (Lipinski definition) is 11. The number of hydrogen-bond donors (Lipinski definition) is 1. The van der Waals surface area contributed by atoms with E-state index in [2.05, 4.69) is 13.8 Å². The Morgan fingerprint density at radius 1 is 0.978 bits per heavy atom. The second-order valence-corrected chi connectivity index (χ2v) is 15.1. The molecule has 250 valence electrons. The average molecular weight is 633 g/mol. The van der Waals surface area contributed by atoms with Crippen molar-refractivity contribution in [3.8, 4) is 0 Å². The van der Waals surface area contributed by atoms with Gasteiger partial charge < -0.3 is 38.3 Å². The van der Waals surface area contributed by atoms with Crippen LogP contribution in [0.25, 0.3) is 0 Å². The van der Waals surface area contributed by atoms with Gasteiger partial charge >= 0.3 is 17.9 Å². The van der Waals surface area contributed by atoms with E-state index < -0.39 is 53.7 Å². The van der Waals surface area contributed by atoms with Crippen molar-refractivity contribution in [2.75, 3.05) is 13.7 Å². The predicted molar refractivity (Wildman–Crippen MR) is 156 cm³/mol. The summed E-state index contributed by atoms with van der Waals surface area (Å²) in [4.78, 5) is 35.8. The van der Waals surface area contributed by atoms with Crippen molar-refractivity contribution in [3.05, 3.63) is 11.6 Å². The van der Waals surface area contributed by atoms with E-state index in [1.807, 2.05) is 0 Å². The van der Waals surface area contributed by atoms with Crippen LogP contribution in [-0.2, 0) is 47.5 Å². The van der Waals surface area contributed by atoms with Crippen LogP contribution in [0, 0.1) is 34.5 Å². The highest BCUT2D eigenvalue weighted by molar-refractivity contribution is 5.85. The molecule has 7 rings (SSSR count). The van der Waals surface area contributed by atoms with Crippen LogP contribution in [-0.4, -0.2) is 91.3 Å². The Balaban J connectivity index is 1.08. The zero-order valence-corrected chi connectivity index (χ0v) is 27.2. The Kier molecular flexibility index (Phi) is 7.71. The molecular formula is C34H48O11. The van der Waals surface area contributed by atoms with Gasteiger partial charge in [0.2, 0.25) is 0 Å². The lowest BCUT2D eigenvalue weighted by molar-refractivity contribution is -0.316. The summed E-state index contributed by atoms with van der Waals surface area (Å²) in [5.41, 5.74) is -0.311. The van der Waals surface area contributed by atoms with Crippen LogP contribution in [0.4, 0.5) is 0 Å². The van der Waals surface area contributed by atoms with E-state index in [4.69, 9.17) is 33.2 Å². The molecule has 0 radical (unpaired) electrons. The van der Waals surface area contributed by atoms with Gasteiger partial charge in [0.15, 0.2) is 18.5 Å². The summed E-state index contributed by atoms with van der Waals surface area (Å²) in [6.45, 7) is 9.35. The average Bonchev–Trinajstić information content (AvgIpc) is 3.58. The minimum absolute atomic E-state index is 0.0193. The van der Waals surface area contributed by atoms with Gasteiger partial charge in [0, 0.05) is 32.4 Å². The van der Waals surface area contributed by atoms with Crippen LogP contribution >= 0.6 is 0 Å². The van der Waals surface area contributed by atoms with Gasteiger partial charge in [0.1, 0.15) is 12.7 Å². The second kappa shape index (κ2) is 11.0. The van der Waals surface area contributed by atoms with E-state index in [1.54, 1.807) is 13.0 Å². The molecule has 1 N–H and O–H groups in total. The largest absolute Gasteiger partial charge is 0.458 e. The molecule has 0 aromatic heterocycles. The van der Waals surface area contributed by atoms with Gasteiger partial charge in [-0.1, -0.05) is 13.8 Å². The molecule has 0 unspecified atom stereocenters. The van der Waals surface area contributed by atoms with Crippen LogP contribution in [0.3, 0.4) is 0 Å². The molecule has 15 atom stereocenters. The summed E-state index contributed by atoms with van der Waals surface area (Å²) in [6.07, 6.45) is 3.80. The Labute approximate surface area is 264 Å². The molecule has 11 heteroatoms.